The maximum atomic E-state index is 13.0. The minimum atomic E-state index is -0.185. The van der Waals surface area contributed by atoms with Gasteiger partial charge < -0.3 is 24.6 Å². The molecule has 3 N–H and O–H groups in total. The van der Waals surface area contributed by atoms with Gasteiger partial charge in [0.15, 0.2) is 5.75 Å². The average Bonchev–Trinajstić information content (AvgIpc) is 3.57. The Morgan fingerprint density at radius 2 is 1.81 bits per heavy atom. The molecule has 8 heteroatoms. The number of aryl methyl sites for hydroxylation is 4. The molecular weight excluding hydrogens is 454 g/mol. The Labute approximate surface area is 208 Å². The Balaban J connectivity index is 1.72. The number of benzene rings is 1. The molecule has 1 saturated carbocycles. The third-order valence-corrected chi connectivity index (χ3v) is 6.53. The van der Waals surface area contributed by atoms with Crippen LogP contribution in [0.25, 0.3) is 27.6 Å². The lowest BCUT2D eigenvalue weighted by molar-refractivity contribution is 0.470. The van der Waals surface area contributed by atoms with E-state index in [2.05, 4.69) is 9.98 Å². The van der Waals surface area contributed by atoms with Gasteiger partial charge in [-0.3, -0.25) is 14.6 Å². The van der Waals surface area contributed by atoms with E-state index in [9.17, 15) is 9.59 Å². The fraction of sp³-hybridized carbons (Fsp3) is 0.250. The summed E-state index contributed by atoms with van der Waals surface area (Å²) < 4.78 is 9.40. The molecule has 0 unspecified atom stereocenters. The van der Waals surface area contributed by atoms with Gasteiger partial charge in [0, 0.05) is 66.6 Å². The van der Waals surface area contributed by atoms with E-state index >= 15 is 0 Å². The molecule has 0 aliphatic heterocycles. The Bertz CT molecular complexity index is 1640. The molecule has 184 valence electrons. The van der Waals surface area contributed by atoms with Crippen LogP contribution < -0.4 is 21.6 Å². The minimum absolute atomic E-state index is 0.184. The Morgan fingerprint density at radius 1 is 1.08 bits per heavy atom. The van der Waals surface area contributed by atoms with Gasteiger partial charge in [-0.05, 0) is 43.9 Å². The quantitative estimate of drug-likeness (QED) is 0.401. The summed E-state index contributed by atoms with van der Waals surface area (Å²) in [5, 5.41) is 0.673. The standard InChI is InChI=1S/C28H29N5O3/c1-16-6-5-7-17(2)27(16)36-24-15-32(3)25(34)11-20(24)22-14-33(4)28(35)26-21(22)10-23(31-26)18(12-29)13-30-19-8-9-19/h5-7,10-15,19,31H,8-9,29H2,1-4H3. The summed E-state index contributed by atoms with van der Waals surface area (Å²) in [4.78, 5) is 33.5. The van der Waals surface area contributed by atoms with Gasteiger partial charge >= 0.3 is 0 Å². The third-order valence-electron chi connectivity index (χ3n) is 6.53. The van der Waals surface area contributed by atoms with Gasteiger partial charge in [0.2, 0.25) is 0 Å². The highest BCUT2D eigenvalue weighted by atomic mass is 16.5. The number of allylic oxidation sites excluding steroid dienone is 1. The second-order valence-electron chi connectivity index (χ2n) is 9.39. The molecule has 1 fully saturated rings. The molecule has 4 aromatic rings. The number of ether oxygens (including phenoxy) is 1. The fourth-order valence-corrected chi connectivity index (χ4v) is 4.28. The topological polar surface area (TPSA) is 107 Å². The number of pyridine rings is 2. The maximum Gasteiger partial charge on any atom is 0.274 e. The maximum absolute atomic E-state index is 13.0. The Hall–Kier alpha value is -4.33. The predicted molar refractivity (Wildman–Crippen MR) is 144 cm³/mol. The van der Waals surface area contributed by atoms with Crippen molar-refractivity contribution in [2.24, 2.45) is 24.8 Å². The van der Waals surface area contributed by atoms with Gasteiger partial charge in [0.25, 0.3) is 11.1 Å². The largest absolute Gasteiger partial charge is 0.455 e. The average molecular weight is 484 g/mol. The second kappa shape index (κ2) is 9.03. The molecule has 0 saturated heterocycles. The van der Waals surface area contributed by atoms with Crippen molar-refractivity contribution in [2.45, 2.75) is 32.7 Å². The van der Waals surface area contributed by atoms with E-state index in [1.165, 1.54) is 15.3 Å². The van der Waals surface area contributed by atoms with E-state index in [1.807, 2.05) is 38.1 Å². The van der Waals surface area contributed by atoms with E-state index < -0.39 is 0 Å². The highest BCUT2D eigenvalue weighted by Gasteiger charge is 2.21. The number of fused-ring (bicyclic) bond motifs is 1. The van der Waals surface area contributed by atoms with Gasteiger partial charge in [0.1, 0.15) is 11.3 Å². The number of nitrogens with two attached hydrogens (primary N) is 1. The van der Waals surface area contributed by atoms with Gasteiger partial charge in [0.05, 0.1) is 12.2 Å². The first-order chi connectivity index (χ1) is 17.3. The molecule has 0 radical (unpaired) electrons. The lowest BCUT2D eigenvalue weighted by Gasteiger charge is -2.17. The van der Waals surface area contributed by atoms with Crippen LogP contribution in [0.2, 0.25) is 0 Å². The number of hydrogen-bond acceptors (Lipinski definition) is 5. The normalized spacial score (nSPS) is 14.2. The molecule has 8 nitrogen and oxygen atoms in total. The molecule has 5 rings (SSSR count). The van der Waals surface area contributed by atoms with Crippen LogP contribution in [0.15, 0.2) is 63.5 Å². The Morgan fingerprint density at radius 3 is 2.47 bits per heavy atom. The lowest BCUT2D eigenvalue weighted by Crippen LogP contribution is -2.18. The number of nitrogens with zero attached hydrogens (tertiary/aromatic N) is 3. The summed E-state index contributed by atoms with van der Waals surface area (Å²) in [6, 6.07) is 9.71. The van der Waals surface area contributed by atoms with Crippen molar-refractivity contribution >= 4 is 22.7 Å². The molecule has 0 bridgehead atoms. The van der Waals surface area contributed by atoms with E-state index in [0.29, 0.717) is 45.1 Å². The van der Waals surface area contributed by atoms with Crippen molar-refractivity contribution in [2.75, 3.05) is 0 Å². The number of aliphatic imine (C=N–C) groups is 1. The molecule has 1 aliphatic carbocycles. The summed E-state index contributed by atoms with van der Waals surface area (Å²) >= 11 is 0. The molecule has 3 heterocycles. The summed E-state index contributed by atoms with van der Waals surface area (Å²) in [7, 11) is 3.37. The molecule has 36 heavy (non-hydrogen) atoms. The lowest BCUT2D eigenvalue weighted by atomic mass is 10.0. The highest BCUT2D eigenvalue weighted by molar-refractivity contribution is 6.11. The van der Waals surface area contributed by atoms with Crippen LogP contribution in [0.1, 0.15) is 29.7 Å². The molecule has 1 aliphatic rings. The zero-order chi connectivity index (χ0) is 25.6. The molecule has 1 aromatic carbocycles. The van der Waals surface area contributed by atoms with E-state index in [0.717, 1.165) is 29.7 Å². The van der Waals surface area contributed by atoms with Crippen LogP contribution in [0.3, 0.4) is 0 Å². The zero-order valence-electron chi connectivity index (χ0n) is 20.8. The molecule has 0 spiro atoms. The molecule has 3 aromatic heterocycles. The van der Waals surface area contributed by atoms with Crippen LogP contribution in [0.5, 0.6) is 11.5 Å². The first-order valence-corrected chi connectivity index (χ1v) is 11.9. The van der Waals surface area contributed by atoms with Gasteiger partial charge in [-0.2, -0.15) is 0 Å². The smallest absolute Gasteiger partial charge is 0.274 e. The summed E-state index contributed by atoms with van der Waals surface area (Å²) in [5.74, 6) is 1.25. The van der Waals surface area contributed by atoms with Crippen molar-refractivity contribution in [3.8, 4) is 22.6 Å². The van der Waals surface area contributed by atoms with Crippen LogP contribution in [0.4, 0.5) is 0 Å². The number of nitrogens with one attached hydrogen (secondary N) is 1. The van der Waals surface area contributed by atoms with Crippen LogP contribution >= 0.6 is 0 Å². The first-order valence-electron chi connectivity index (χ1n) is 11.9. The predicted octanol–water partition coefficient (Wildman–Crippen LogP) is 4.17. The van der Waals surface area contributed by atoms with Crippen molar-refractivity contribution in [1.82, 2.24) is 14.1 Å². The number of hydrogen-bond donors (Lipinski definition) is 2. The number of aromatic nitrogens is 3. The zero-order valence-corrected chi connectivity index (χ0v) is 20.8. The van der Waals surface area contributed by atoms with Gasteiger partial charge in [-0.15, -0.1) is 0 Å². The monoisotopic (exact) mass is 483 g/mol. The van der Waals surface area contributed by atoms with E-state index in [1.54, 1.807) is 38.8 Å². The number of H-pyrrole nitrogens is 1. The third kappa shape index (κ3) is 4.26. The SMILES string of the molecule is Cc1cccc(C)c1Oc1cn(C)c(=O)cc1-c1cn(C)c(=O)c2[nH]c(C(C=NC3CC3)=CN)cc12. The number of para-hydroxylation sites is 1. The minimum Gasteiger partial charge on any atom is -0.455 e. The van der Waals surface area contributed by atoms with Crippen molar-refractivity contribution in [1.29, 1.82) is 0 Å². The van der Waals surface area contributed by atoms with Crippen molar-refractivity contribution in [3.05, 3.63) is 86.5 Å². The first kappa shape index (κ1) is 23.4. The van der Waals surface area contributed by atoms with Crippen LogP contribution in [-0.2, 0) is 14.1 Å². The molecule has 0 atom stereocenters. The molecular formula is C28H29N5O3. The summed E-state index contributed by atoms with van der Waals surface area (Å²) in [6.45, 7) is 3.97. The number of rotatable bonds is 6. The summed E-state index contributed by atoms with van der Waals surface area (Å²) in [6.07, 6.45) is 8.81. The van der Waals surface area contributed by atoms with Gasteiger partial charge in [-0.25, -0.2) is 0 Å². The molecule has 0 amide bonds. The van der Waals surface area contributed by atoms with E-state index in [4.69, 9.17) is 10.5 Å². The highest BCUT2D eigenvalue weighted by Crippen LogP contribution is 2.38. The van der Waals surface area contributed by atoms with E-state index in [-0.39, 0.29) is 11.1 Å². The second-order valence-corrected chi connectivity index (χ2v) is 9.39. The number of aromatic amines is 1. The summed E-state index contributed by atoms with van der Waals surface area (Å²) in [5.41, 5.74) is 10.6. The van der Waals surface area contributed by atoms with Crippen LogP contribution in [0, 0.1) is 13.8 Å². The van der Waals surface area contributed by atoms with Crippen LogP contribution in [-0.4, -0.2) is 26.4 Å². The van der Waals surface area contributed by atoms with Gasteiger partial charge in [-0.1, -0.05) is 18.2 Å². The fourth-order valence-electron chi connectivity index (χ4n) is 4.28. The van der Waals surface area contributed by atoms with Crippen molar-refractivity contribution in [3.63, 3.8) is 0 Å². The van der Waals surface area contributed by atoms with Crippen molar-refractivity contribution < 1.29 is 4.74 Å². The Kier molecular flexibility index (Phi) is 5.88.